The Bertz CT molecular complexity index is 943. The van der Waals surface area contributed by atoms with Crippen molar-refractivity contribution < 1.29 is 18.7 Å². The Labute approximate surface area is 144 Å². The third-order valence-corrected chi connectivity index (χ3v) is 3.76. The number of benzene rings is 2. The SMILES string of the molecule is CCOC(=O)C(C)Oc1ccc2c(=O)c(-c3ccccc3)coc2c1. The van der Waals surface area contributed by atoms with Crippen molar-refractivity contribution in [2.45, 2.75) is 20.0 Å². The van der Waals surface area contributed by atoms with E-state index in [4.69, 9.17) is 13.9 Å². The lowest BCUT2D eigenvalue weighted by molar-refractivity contribution is -0.150. The highest BCUT2D eigenvalue weighted by atomic mass is 16.6. The van der Waals surface area contributed by atoms with Crippen LogP contribution in [0.5, 0.6) is 5.75 Å². The molecular formula is C20H18O5. The number of fused-ring (bicyclic) bond motifs is 1. The van der Waals surface area contributed by atoms with E-state index >= 15 is 0 Å². The molecule has 5 heteroatoms. The van der Waals surface area contributed by atoms with Crippen LogP contribution in [0, 0.1) is 0 Å². The molecule has 1 atom stereocenters. The number of rotatable bonds is 5. The third-order valence-electron chi connectivity index (χ3n) is 3.76. The second-order valence-electron chi connectivity index (χ2n) is 5.51. The van der Waals surface area contributed by atoms with E-state index in [-0.39, 0.29) is 5.43 Å². The summed E-state index contributed by atoms with van der Waals surface area (Å²) < 4.78 is 16.1. The van der Waals surface area contributed by atoms with Gasteiger partial charge >= 0.3 is 5.97 Å². The number of carbonyl (C=O) groups excluding carboxylic acids is 1. The van der Waals surface area contributed by atoms with Crippen molar-refractivity contribution in [3.8, 4) is 16.9 Å². The number of carbonyl (C=O) groups is 1. The van der Waals surface area contributed by atoms with Gasteiger partial charge in [-0.2, -0.15) is 0 Å². The summed E-state index contributed by atoms with van der Waals surface area (Å²) >= 11 is 0. The van der Waals surface area contributed by atoms with E-state index < -0.39 is 12.1 Å². The molecule has 0 bridgehead atoms. The molecule has 0 fully saturated rings. The monoisotopic (exact) mass is 338 g/mol. The summed E-state index contributed by atoms with van der Waals surface area (Å²) in [7, 11) is 0. The van der Waals surface area contributed by atoms with E-state index in [9.17, 15) is 9.59 Å². The van der Waals surface area contributed by atoms with E-state index in [0.717, 1.165) is 5.56 Å². The van der Waals surface area contributed by atoms with E-state index in [1.807, 2.05) is 30.3 Å². The molecule has 0 aliphatic carbocycles. The van der Waals surface area contributed by atoms with E-state index in [1.165, 1.54) is 6.26 Å². The maximum absolute atomic E-state index is 12.7. The highest BCUT2D eigenvalue weighted by molar-refractivity contribution is 5.82. The van der Waals surface area contributed by atoms with Crippen LogP contribution >= 0.6 is 0 Å². The summed E-state index contributed by atoms with van der Waals surface area (Å²) in [5.74, 6) is -0.00728. The minimum Gasteiger partial charge on any atom is -0.479 e. The largest absolute Gasteiger partial charge is 0.479 e. The van der Waals surface area contributed by atoms with Crippen LogP contribution in [0.3, 0.4) is 0 Å². The Morgan fingerprint density at radius 1 is 1.16 bits per heavy atom. The van der Waals surface area contributed by atoms with Crippen molar-refractivity contribution in [3.63, 3.8) is 0 Å². The molecule has 0 amide bonds. The van der Waals surface area contributed by atoms with Gasteiger partial charge in [0.05, 0.1) is 17.6 Å². The maximum Gasteiger partial charge on any atom is 0.347 e. The van der Waals surface area contributed by atoms with Gasteiger partial charge in [-0.25, -0.2) is 4.79 Å². The first kappa shape index (κ1) is 16.8. The normalized spacial score (nSPS) is 11.9. The smallest absolute Gasteiger partial charge is 0.347 e. The molecule has 0 spiro atoms. The van der Waals surface area contributed by atoms with Crippen LogP contribution in [0.2, 0.25) is 0 Å². The Kier molecular flexibility index (Phi) is 4.84. The second-order valence-corrected chi connectivity index (χ2v) is 5.51. The first-order chi connectivity index (χ1) is 12.1. The standard InChI is InChI=1S/C20H18O5/c1-3-23-20(22)13(2)25-15-9-10-16-18(11-15)24-12-17(19(16)21)14-7-5-4-6-8-14/h4-13H,3H2,1-2H3. The summed E-state index contributed by atoms with van der Waals surface area (Å²) in [6.45, 7) is 3.64. The molecule has 0 N–H and O–H groups in total. The summed E-state index contributed by atoms with van der Waals surface area (Å²) in [4.78, 5) is 24.3. The molecule has 2 aromatic carbocycles. The highest BCUT2D eigenvalue weighted by Crippen LogP contribution is 2.23. The first-order valence-electron chi connectivity index (χ1n) is 8.04. The molecule has 0 aliphatic heterocycles. The zero-order chi connectivity index (χ0) is 17.8. The number of hydrogen-bond acceptors (Lipinski definition) is 5. The molecule has 0 saturated heterocycles. The molecule has 128 valence electrons. The molecule has 5 nitrogen and oxygen atoms in total. The predicted molar refractivity (Wildman–Crippen MR) is 94.6 cm³/mol. The van der Waals surface area contributed by atoms with Gasteiger partial charge < -0.3 is 13.9 Å². The molecule has 1 aromatic heterocycles. The van der Waals surface area contributed by atoms with Crippen LogP contribution in [0.15, 0.2) is 64.0 Å². The van der Waals surface area contributed by atoms with Gasteiger partial charge in [0, 0.05) is 6.07 Å². The van der Waals surface area contributed by atoms with Gasteiger partial charge in [0.2, 0.25) is 0 Å². The van der Waals surface area contributed by atoms with Crippen molar-refractivity contribution in [2.24, 2.45) is 0 Å². The van der Waals surface area contributed by atoms with E-state index in [0.29, 0.717) is 28.9 Å². The molecule has 3 rings (SSSR count). The van der Waals surface area contributed by atoms with Gasteiger partial charge in [-0.15, -0.1) is 0 Å². The maximum atomic E-state index is 12.7. The fraction of sp³-hybridized carbons (Fsp3) is 0.200. The molecule has 25 heavy (non-hydrogen) atoms. The lowest BCUT2D eigenvalue weighted by Gasteiger charge is -2.13. The lowest BCUT2D eigenvalue weighted by atomic mass is 10.1. The number of esters is 1. The predicted octanol–water partition coefficient (Wildman–Crippen LogP) is 3.79. The minimum absolute atomic E-state index is 0.113. The number of ether oxygens (including phenoxy) is 2. The van der Waals surface area contributed by atoms with Crippen molar-refractivity contribution in [3.05, 3.63) is 65.0 Å². The third kappa shape index (κ3) is 3.55. The molecule has 0 aliphatic rings. The Morgan fingerprint density at radius 3 is 2.64 bits per heavy atom. The zero-order valence-corrected chi connectivity index (χ0v) is 14.0. The average molecular weight is 338 g/mol. The topological polar surface area (TPSA) is 65.7 Å². The van der Waals surface area contributed by atoms with Crippen LogP contribution < -0.4 is 10.2 Å². The molecule has 1 unspecified atom stereocenters. The van der Waals surface area contributed by atoms with Gasteiger partial charge in [0.15, 0.2) is 11.5 Å². The van der Waals surface area contributed by atoms with Crippen LogP contribution in [0.25, 0.3) is 22.1 Å². The van der Waals surface area contributed by atoms with Crippen molar-refractivity contribution >= 4 is 16.9 Å². The molecule has 0 radical (unpaired) electrons. The minimum atomic E-state index is -0.743. The highest BCUT2D eigenvalue weighted by Gasteiger charge is 2.16. The Morgan fingerprint density at radius 2 is 1.92 bits per heavy atom. The summed E-state index contributed by atoms with van der Waals surface area (Å²) in [6.07, 6.45) is 0.700. The second kappa shape index (κ2) is 7.21. The Balaban J connectivity index is 1.92. The van der Waals surface area contributed by atoms with Crippen molar-refractivity contribution in [1.29, 1.82) is 0 Å². The molecular weight excluding hydrogens is 320 g/mol. The van der Waals surface area contributed by atoms with Gasteiger partial charge in [0.1, 0.15) is 17.6 Å². The van der Waals surface area contributed by atoms with Crippen LogP contribution in [-0.4, -0.2) is 18.7 Å². The number of hydrogen-bond donors (Lipinski definition) is 0. The first-order valence-corrected chi connectivity index (χ1v) is 8.04. The molecule has 3 aromatic rings. The van der Waals surface area contributed by atoms with Gasteiger partial charge in [0.25, 0.3) is 0 Å². The van der Waals surface area contributed by atoms with E-state index in [2.05, 4.69) is 0 Å². The van der Waals surface area contributed by atoms with Gasteiger partial charge in [-0.1, -0.05) is 30.3 Å². The fourth-order valence-corrected chi connectivity index (χ4v) is 2.51. The average Bonchev–Trinajstić information content (AvgIpc) is 2.63. The van der Waals surface area contributed by atoms with Crippen molar-refractivity contribution in [2.75, 3.05) is 6.61 Å². The van der Waals surface area contributed by atoms with E-state index in [1.54, 1.807) is 32.0 Å². The molecule has 1 heterocycles. The summed E-state index contributed by atoms with van der Waals surface area (Å²) in [5, 5.41) is 0.456. The van der Waals surface area contributed by atoms with Gasteiger partial charge in [-0.3, -0.25) is 4.79 Å². The van der Waals surface area contributed by atoms with Crippen LogP contribution in [0.1, 0.15) is 13.8 Å². The summed E-state index contributed by atoms with van der Waals surface area (Å²) in [6, 6.07) is 14.2. The van der Waals surface area contributed by atoms with Gasteiger partial charge in [-0.05, 0) is 31.5 Å². The Hall–Kier alpha value is -3.08. The van der Waals surface area contributed by atoms with Crippen LogP contribution in [-0.2, 0) is 9.53 Å². The summed E-state index contributed by atoms with van der Waals surface area (Å²) in [5.41, 5.74) is 1.59. The van der Waals surface area contributed by atoms with Crippen molar-refractivity contribution in [1.82, 2.24) is 0 Å². The fourth-order valence-electron chi connectivity index (χ4n) is 2.51. The molecule has 0 saturated carbocycles. The zero-order valence-electron chi connectivity index (χ0n) is 14.0. The lowest BCUT2D eigenvalue weighted by Crippen LogP contribution is -2.26. The van der Waals surface area contributed by atoms with Crippen LogP contribution in [0.4, 0.5) is 0 Å². The quantitative estimate of drug-likeness (QED) is 0.662.